The Morgan fingerprint density at radius 2 is 1.42 bits per heavy atom. The molecule has 1 saturated carbocycles. The summed E-state index contributed by atoms with van der Waals surface area (Å²) in [6.45, 7) is 11.5. The number of ketones is 1. The molecule has 0 bridgehead atoms. The molecule has 1 unspecified atom stereocenters. The number of nitrogens with one attached hydrogen (secondary N) is 2. The van der Waals surface area contributed by atoms with Gasteiger partial charge in [-0.05, 0) is 87.8 Å². The minimum absolute atomic E-state index is 0.00850. The number of amides is 6. The van der Waals surface area contributed by atoms with Crippen molar-refractivity contribution in [2.24, 2.45) is 5.92 Å². The topological polar surface area (TPSA) is 207 Å². The number of nitrogens with zero attached hydrogens (tertiary/aromatic N) is 10. The maximum atomic E-state index is 13.6. The fraction of sp³-hybridized carbons (Fsp3) is 0.500. The summed E-state index contributed by atoms with van der Waals surface area (Å²) in [6, 6.07) is 8.27. The molecule has 4 aromatic rings. The van der Waals surface area contributed by atoms with E-state index in [2.05, 4.69) is 35.3 Å². The number of pyridine rings is 2. The number of Topliss-reactive ketones (excluding diaryl/α,β-unsaturated/α-hetero) is 1. The molecule has 2 N–H and O–H groups in total. The Balaban J connectivity index is 0.673. The van der Waals surface area contributed by atoms with Gasteiger partial charge in [0, 0.05) is 102 Å². The number of aryl methyl sites for hydroxylation is 1. The molecule has 6 amide bonds. The van der Waals surface area contributed by atoms with Gasteiger partial charge in [0.15, 0.2) is 5.78 Å². The van der Waals surface area contributed by atoms with E-state index >= 15 is 0 Å². The summed E-state index contributed by atoms with van der Waals surface area (Å²) >= 11 is 0. The van der Waals surface area contributed by atoms with Gasteiger partial charge in [-0.3, -0.25) is 48.5 Å². The van der Waals surface area contributed by atoms with E-state index in [0.29, 0.717) is 79.1 Å². The summed E-state index contributed by atoms with van der Waals surface area (Å²) in [7, 11) is 0. The standard InChI is InChI=1S/C48H56N12O7/c1-29-37-27-50-47(53-42(37)59(32-5-3-4-6-32)46(66)41(29)30(2)61)51-39-11-8-34(26-49-39)56-21-23-58(24-22-56)48(67)57-19-17-54(18-20-57)28-31-13-15-55(16-14-31)33-7-9-35-36(25-33)45(65)60(44(35)64)38-10-12-40(62)52-43(38)63/h7-9,11,25-27,31-32,38H,3-6,10,12-24,28H2,1-2H3,(H,52,62,63)(H,49,50,51,53). The minimum Gasteiger partial charge on any atom is -0.371 e. The van der Waals surface area contributed by atoms with Crippen LogP contribution in [0.3, 0.4) is 0 Å². The third kappa shape index (κ3) is 8.49. The molecular weight excluding hydrogens is 857 g/mol. The van der Waals surface area contributed by atoms with Crippen LogP contribution in [0, 0.1) is 12.8 Å². The third-order valence-corrected chi connectivity index (χ3v) is 14.7. The number of benzene rings is 1. The second-order valence-electron chi connectivity index (χ2n) is 18.8. The fourth-order valence-electron chi connectivity index (χ4n) is 10.9. The predicted octanol–water partition coefficient (Wildman–Crippen LogP) is 3.73. The number of aromatic nitrogens is 4. The number of piperazine rings is 2. The van der Waals surface area contributed by atoms with Crippen molar-refractivity contribution in [3.05, 3.63) is 75.3 Å². The number of anilines is 4. The van der Waals surface area contributed by atoms with Gasteiger partial charge in [0.2, 0.25) is 17.8 Å². The number of carbonyl (C=O) groups is 6. The van der Waals surface area contributed by atoms with E-state index in [1.807, 2.05) is 28.0 Å². The van der Waals surface area contributed by atoms with Crippen LogP contribution in [0.2, 0.25) is 0 Å². The number of fused-ring (bicyclic) bond motifs is 2. The summed E-state index contributed by atoms with van der Waals surface area (Å²) < 4.78 is 1.70. The van der Waals surface area contributed by atoms with Crippen molar-refractivity contribution in [2.45, 2.75) is 77.3 Å². The van der Waals surface area contributed by atoms with E-state index in [-0.39, 0.29) is 47.4 Å². The smallest absolute Gasteiger partial charge is 0.320 e. The molecule has 350 valence electrons. The van der Waals surface area contributed by atoms with Crippen molar-refractivity contribution < 1.29 is 28.8 Å². The lowest BCUT2D eigenvalue weighted by Gasteiger charge is -2.42. The van der Waals surface area contributed by atoms with Crippen molar-refractivity contribution in [3.8, 4) is 0 Å². The van der Waals surface area contributed by atoms with E-state index in [1.54, 1.807) is 36.0 Å². The Hall–Kier alpha value is -6.76. The van der Waals surface area contributed by atoms with Crippen LogP contribution in [0.1, 0.15) is 101 Å². The van der Waals surface area contributed by atoms with Gasteiger partial charge >= 0.3 is 6.03 Å². The lowest BCUT2D eigenvalue weighted by molar-refractivity contribution is -0.136. The first-order valence-corrected chi connectivity index (χ1v) is 23.7. The largest absolute Gasteiger partial charge is 0.371 e. The van der Waals surface area contributed by atoms with Gasteiger partial charge in [0.1, 0.15) is 17.5 Å². The maximum Gasteiger partial charge on any atom is 0.320 e. The average Bonchev–Trinajstić information content (AvgIpc) is 3.95. The molecular formula is C48H56N12O7. The lowest BCUT2D eigenvalue weighted by Crippen LogP contribution is -2.57. The second kappa shape index (κ2) is 18.1. The minimum atomic E-state index is -0.984. The highest BCUT2D eigenvalue weighted by Gasteiger charge is 2.45. The van der Waals surface area contributed by atoms with Gasteiger partial charge in [0.25, 0.3) is 17.4 Å². The molecule has 0 radical (unpaired) electrons. The van der Waals surface area contributed by atoms with E-state index in [1.165, 1.54) is 6.92 Å². The number of piperidine rings is 2. The van der Waals surface area contributed by atoms with Crippen LogP contribution in [0.15, 0.2) is 47.5 Å². The maximum absolute atomic E-state index is 13.6. The Morgan fingerprint density at radius 1 is 0.746 bits per heavy atom. The average molecular weight is 913 g/mol. The Morgan fingerprint density at radius 3 is 2.09 bits per heavy atom. The molecule has 1 aliphatic carbocycles. The summed E-state index contributed by atoms with van der Waals surface area (Å²) in [5, 5.41) is 6.13. The SMILES string of the molecule is CC(=O)c1c(C)c2cnc(Nc3ccc(N4CCN(C(=O)N5CCN(CC6CCN(c7ccc8c(c7)C(=O)N(C7CCC(=O)NC7=O)C8=O)CC6)CC5)CC4)cn3)nc2n(C2CCCC2)c1=O. The number of hydrogen-bond donors (Lipinski definition) is 2. The van der Waals surface area contributed by atoms with Gasteiger partial charge in [-0.2, -0.15) is 4.98 Å². The molecule has 67 heavy (non-hydrogen) atoms. The zero-order valence-corrected chi connectivity index (χ0v) is 38.0. The monoisotopic (exact) mass is 912 g/mol. The Kier molecular flexibility index (Phi) is 11.9. The Labute approximate surface area is 387 Å². The highest BCUT2D eigenvalue weighted by atomic mass is 16.2. The number of urea groups is 1. The molecule has 6 aliphatic rings. The zero-order valence-electron chi connectivity index (χ0n) is 38.0. The molecule has 0 spiro atoms. The van der Waals surface area contributed by atoms with Gasteiger partial charge in [-0.1, -0.05) is 12.8 Å². The van der Waals surface area contributed by atoms with E-state index in [0.717, 1.165) is 87.5 Å². The van der Waals surface area contributed by atoms with Gasteiger partial charge in [0.05, 0.1) is 28.6 Å². The van der Waals surface area contributed by atoms with Crippen molar-refractivity contribution in [1.29, 1.82) is 0 Å². The highest BCUT2D eigenvalue weighted by molar-refractivity contribution is 6.23. The number of imide groups is 2. The van der Waals surface area contributed by atoms with E-state index in [9.17, 15) is 33.6 Å². The molecule has 10 rings (SSSR count). The van der Waals surface area contributed by atoms with Crippen LogP contribution < -0.4 is 26.0 Å². The number of carbonyl (C=O) groups excluding carboxylic acids is 6. The summed E-state index contributed by atoms with van der Waals surface area (Å²) in [6.07, 6.45) is 9.45. The number of hydrogen-bond acceptors (Lipinski definition) is 14. The normalized spacial score (nSPS) is 21.1. The quantitative estimate of drug-likeness (QED) is 0.181. The first-order chi connectivity index (χ1) is 32.4. The molecule has 1 aromatic carbocycles. The third-order valence-electron chi connectivity index (χ3n) is 14.7. The Bertz CT molecular complexity index is 2710. The lowest BCUT2D eigenvalue weighted by atomic mass is 9.95. The molecule has 4 saturated heterocycles. The van der Waals surface area contributed by atoms with Crippen LogP contribution in [0.5, 0.6) is 0 Å². The van der Waals surface area contributed by atoms with Crippen molar-refractivity contribution in [1.82, 2.24) is 44.4 Å². The van der Waals surface area contributed by atoms with Crippen molar-refractivity contribution >= 4 is 69.6 Å². The van der Waals surface area contributed by atoms with Crippen LogP contribution in [-0.4, -0.2) is 153 Å². The van der Waals surface area contributed by atoms with Crippen LogP contribution in [-0.2, 0) is 9.59 Å². The molecule has 19 heteroatoms. The molecule has 5 fully saturated rings. The molecule has 1 atom stereocenters. The molecule has 5 aliphatic heterocycles. The van der Waals surface area contributed by atoms with Gasteiger partial charge < -0.3 is 24.9 Å². The summed E-state index contributed by atoms with van der Waals surface area (Å²) in [5.74, 6) is -0.872. The second-order valence-corrected chi connectivity index (χ2v) is 18.8. The first-order valence-electron chi connectivity index (χ1n) is 23.7. The van der Waals surface area contributed by atoms with Crippen LogP contribution >= 0.6 is 0 Å². The van der Waals surface area contributed by atoms with Gasteiger partial charge in [-0.25, -0.2) is 14.8 Å². The molecule has 3 aromatic heterocycles. The highest BCUT2D eigenvalue weighted by Crippen LogP contribution is 2.34. The van der Waals surface area contributed by atoms with Crippen LogP contribution in [0.4, 0.5) is 27.9 Å². The summed E-state index contributed by atoms with van der Waals surface area (Å²) in [5.41, 5.74) is 3.46. The van der Waals surface area contributed by atoms with Crippen LogP contribution in [0.25, 0.3) is 11.0 Å². The zero-order chi connectivity index (χ0) is 46.5. The van der Waals surface area contributed by atoms with Gasteiger partial charge in [-0.15, -0.1) is 0 Å². The predicted molar refractivity (Wildman–Crippen MR) is 249 cm³/mol. The molecule has 8 heterocycles. The van der Waals surface area contributed by atoms with E-state index in [4.69, 9.17) is 4.98 Å². The van der Waals surface area contributed by atoms with Crippen molar-refractivity contribution in [3.63, 3.8) is 0 Å². The number of rotatable bonds is 9. The fourth-order valence-corrected chi connectivity index (χ4v) is 10.9. The van der Waals surface area contributed by atoms with Crippen molar-refractivity contribution in [2.75, 3.05) is 87.1 Å². The summed E-state index contributed by atoms with van der Waals surface area (Å²) in [4.78, 5) is 116. The molecule has 19 nitrogen and oxygen atoms in total. The first kappa shape index (κ1) is 44.1. The van der Waals surface area contributed by atoms with E-state index < -0.39 is 29.7 Å².